The van der Waals surface area contributed by atoms with Crippen molar-refractivity contribution >= 4 is 12.1 Å². The maximum absolute atomic E-state index is 13.5. The number of carbonyl (C=O) groups is 2. The number of piperidine rings is 3. The van der Waals surface area contributed by atoms with E-state index < -0.39 is 23.7 Å². The van der Waals surface area contributed by atoms with Gasteiger partial charge in [0.1, 0.15) is 18.7 Å². The molecule has 1 N–H and O–H groups in total. The normalized spacial score (nSPS) is 22.8. The first-order valence-corrected chi connectivity index (χ1v) is 13.2. The van der Waals surface area contributed by atoms with E-state index >= 15 is 0 Å². The number of nitrogens with one attached hydrogen (secondary N) is 1. The van der Waals surface area contributed by atoms with Crippen LogP contribution in [0.2, 0.25) is 0 Å². The number of quaternary nitrogens is 1. The number of benzene rings is 2. The van der Waals surface area contributed by atoms with Crippen molar-refractivity contribution in [2.45, 2.75) is 57.9 Å². The molecule has 1 aromatic heterocycles. The Hall–Kier alpha value is -3.43. The van der Waals surface area contributed by atoms with Crippen LogP contribution in [0, 0.1) is 5.92 Å². The van der Waals surface area contributed by atoms with Crippen LogP contribution in [0.4, 0.5) is 4.79 Å². The molecule has 1 amide bonds. The molecule has 208 valence electrons. The maximum atomic E-state index is 13.5. The van der Waals surface area contributed by atoms with Crippen molar-refractivity contribution in [3.8, 4) is 11.5 Å². The number of esters is 1. The monoisotopic (exact) mass is 554 g/mol. The molecule has 39 heavy (non-hydrogen) atoms. The van der Waals surface area contributed by atoms with Gasteiger partial charge in [-0.2, -0.15) is 4.98 Å². The minimum absolute atomic E-state index is 0. The SMILES string of the molecule is CC(C)(C)OC(=O)NC(C(=O)O[C@H]1C[N+]2(Cc3noc(-c4ccccc4)n3)CCC1CC2)c1ccccc1.[Cl-]. The smallest absolute Gasteiger partial charge is 0.408 e. The number of ether oxygens (including phenoxy) is 2. The van der Waals surface area contributed by atoms with Gasteiger partial charge in [-0.05, 0) is 38.5 Å². The minimum atomic E-state index is -0.958. The van der Waals surface area contributed by atoms with Crippen LogP contribution in [-0.2, 0) is 20.8 Å². The van der Waals surface area contributed by atoms with E-state index in [-0.39, 0.29) is 18.5 Å². The summed E-state index contributed by atoms with van der Waals surface area (Å²) >= 11 is 0. The predicted octanol–water partition coefficient (Wildman–Crippen LogP) is 1.66. The van der Waals surface area contributed by atoms with Crippen LogP contribution in [-0.4, -0.2) is 58.0 Å². The van der Waals surface area contributed by atoms with E-state index in [4.69, 9.17) is 14.0 Å². The molecule has 3 aliphatic rings. The van der Waals surface area contributed by atoms with Gasteiger partial charge in [-0.15, -0.1) is 0 Å². The summed E-state index contributed by atoms with van der Waals surface area (Å²) in [6, 6.07) is 17.9. The standard InChI is InChI=1S/C29H34N4O5.ClH/c1-29(2,3)37-28(35)31-25(21-10-6-4-7-11-21)27(34)36-23-18-33(16-14-20(23)15-17-33)19-24-30-26(38-32-24)22-12-8-5-9-13-22;/h4-13,20,23,25H,14-19H2,1-3H3;1H/t20?,23-,25?,33?;/m0./s1. The van der Waals surface area contributed by atoms with Crippen LogP contribution in [0.3, 0.4) is 0 Å². The lowest BCUT2D eigenvalue weighted by Crippen LogP contribution is -3.00. The second-order valence-electron chi connectivity index (χ2n) is 11.3. The molecule has 3 saturated heterocycles. The number of nitrogens with zero attached hydrogens (tertiary/aromatic N) is 3. The molecular formula is C29H35ClN4O5. The quantitative estimate of drug-likeness (QED) is 0.350. The van der Waals surface area contributed by atoms with Crippen molar-refractivity contribution < 1.29 is 40.5 Å². The fourth-order valence-electron chi connectivity index (χ4n) is 5.46. The third kappa shape index (κ3) is 6.96. The molecule has 0 saturated carbocycles. The van der Waals surface area contributed by atoms with Crippen molar-refractivity contribution in [1.82, 2.24) is 15.5 Å². The number of halogens is 1. The fourth-order valence-corrected chi connectivity index (χ4v) is 5.46. The first-order chi connectivity index (χ1) is 18.2. The van der Waals surface area contributed by atoms with Gasteiger partial charge in [0.2, 0.25) is 5.82 Å². The van der Waals surface area contributed by atoms with Crippen LogP contribution in [0.15, 0.2) is 65.2 Å². The van der Waals surface area contributed by atoms with Gasteiger partial charge in [0.05, 0.1) is 13.1 Å². The molecule has 3 aliphatic heterocycles. The van der Waals surface area contributed by atoms with E-state index in [0.717, 1.165) is 36.0 Å². The average Bonchev–Trinajstić information content (AvgIpc) is 3.36. The van der Waals surface area contributed by atoms with E-state index in [1.807, 2.05) is 48.5 Å². The Morgan fingerprint density at radius 2 is 1.69 bits per heavy atom. The average molecular weight is 555 g/mol. The molecule has 10 heteroatoms. The van der Waals surface area contributed by atoms with Gasteiger partial charge < -0.3 is 36.2 Å². The Bertz CT molecular complexity index is 1250. The van der Waals surface area contributed by atoms with Crippen molar-refractivity contribution in [3.63, 3.8) is 0 Å². The summed E-state index contributed by atoms with van der Waals surface area (Å²) in [5, 5.41) is 6.96. The number of fused-ring (bicyclic) bond motifs is 3. The summed E-state index contributed by atoms with van der Waals surface area (Å²) < 4.78 is 17.8. The Kier molecular flexibility index (Phi) is 8.61. The maximum Gasteiger partial charge on any atom is 0.408 e. The highest BCUT2D eigenvalue weighted by Gasteiger charge is 2.49. The Morgan fingerprint density at radius 1 is 1.05 bits per heavy atom. The Morgan fingerprint density at radius 3 is 2.33 bits per heavy atom. The Labute approximate surface area is 234 Å². The van der Waals surface area contributed by atoms with E-state index in [1.165, 1.54) is 0 Å². The first-order valence-electron chi connectivity index (χ1n) is 13.2. The van der Waals surface area contributed by atoms with Gasteiger partial charge in [-0.1, -0.05) is 53.7 Å². The summed E-state index contributed by atoms with van der Waals surface area (Å²) in [5.74, 6) is 0.975. The van der Waals surface area contributed by atoms with Crippen molar-refractivity contribution in [1.29, 1.82) is 0 Å². The van der Waals surface area contributed by atoms with E-state index in [0.29, 0.717) is 36.3 Å². The first kappa shape index (κ1) is 28.6. The zero-order chi connectivity index (χ0) is 26.8. The number of amides is 1. The van der Waals surface area contributed by atoms with Crippen molar-refractivity contribution in [3.05, 3.63) is 72.1 Å². The summed E-state index contributed by atoms with van der Waals surface area (Å²) in [5.41, 5.74) is 0.852. The topological polar surface area (TPSA) is 104 Å². The number of hydrogen-bond acceptors (Lipinski definition) is 7. The number of carbonyl (C=O) groups excluding carboxylic acids is 2. The molecule has 9 nitrogen and oxygen atoms in total. The van der Waals surface area contributed by atoms with Gasteiger partial charge >= 0.3 is 12.1 Å². The van der Waals surface area contributed by atoms with E-state index in [2.05, 4.69) is 15.5 Å². The lowest BCUT2D eigenvalue weighted by atomic mass is 9.83. The molecule has 0 radical (unpaired) electrons. The van der Waals surface area contributed by atoms with Gasteiger partial charge in [0.15, 0.2) is 12.1 Å². The molecule has 4 heterocycles. The molecule has 3 aromatic rings. The molecule has 2 atom stereocenters. The van der Waals surface area contributed by atoms with Gasteiger partial charge in [-0.3, -0.25) is 0 Å². The van der Waals surface area contributed by atoms with Crippen LogP contribution in [0.5, 0.6) is 0 Å². The molecule has 0 aliphatic carbocycles. The zero-order valence-corrected chi connectivity index (χ0v) is 23.3. The summed E-state index contributed by atoms with van der Waals surface area (Å²) in [6.07, 6.45) is 0.998. The molecular weight excluding hydrogens is 520 g/mol. The van der Waals surface area contributed by atoms with Crippen LogP contribution in [0.25, 0.3) is 11.5 Å². The summed E-state index contributed by atoms with van der Waals surface area (Å²) in [7, 11) is 0. The van der Waals surface area contributed by atoms with Gasteiger partial charge in [0, 0.05) is 24.3 Å². The molecule has 2 aromatic carbocycles. The minimum Gasteiger partial charge on any atom is -1.00 e. The zero-order valence-electron chi connectivity index (χ0n) is 22.5. The largest absolute Gasteiger partial charge is 1.00 e. The number of aromatic nitrogens is 2. The third-order valence-corrected chi connectivity index (χ3v) is 7.30. The highest BCUT2D eigenvalue weighted by Crippen LogP contribution is 2.37. The van der Waals surface area contributed by atoms with E-state index in [1.54, 1.807) is 32.9 Å². The highest BCUT2D eigenvalue weighted by molar-refractivity contribution is 5.83. The molecule has 6 rings (SSSR count). The van der Waals surface area contributed by atoms with E-state index in [9.17, 15) is 9.59 Å². The summed E-state index contributed by atoms with van der Waals surface area (Å²) in [4.78, 5) is 30.7. The lowest BCUT2D eigenvalue weighted by Gasteiger charge is -2.51. The van der Waals surface area contributed by atoms with Gasteiger partial charge in [0.25, 0.3) is 5.89 Å². The number of hydrogen-bond donors (Lipinski definition) is 1. The predicted molar refractivity (Wildman–Crippen MR) is 139 cm³/mol. The van der Waals surface area contributed by atoms with Crippen molar-refractivity contribution in [2.24, 2.45) is 5.92 Å². The molecule has 0 spiro atoms. The van der Waals surface area contributed by atoms with Crippen LogP contribution in [0.1, 0.15) is 51.0 Å². The number of alkyl carbamates (subject to hydrolysis) is 1. The third-order valence-electron chi connectivity index (χ3n) is 7.30. The molecule has 1 unspecified atom stereocenters. The van der Waals surface area contributed by atoms with Gasteiger partial charge in [-0.25, -0.2) is 9.59 Å². The molecule has 2 bridgehead atoms. The number of rotatable bonds is 7. The summed E-state index contributed by atoms with van der Waals surface area (Å²) in [6.45, 7) is 8.61. The van der Waals surface area contributed by atoms with Crippen LogP contribution < -0.4 is 17.7 Å². The fraction of sp³-hybridized carbons (Fsp3) is 0.448. The second kappa shape index (κ2) is 11.8. The highest BCUT2D eigenvalue weighted by atomic mass is 35.5. The second-order valence-corrected chi connectivity index (χ2v) is 11.3. The van der Waals surface area contributed by atoms with Crippen LogP contribution >= 0.6 is 0 Å². The lowest BCUT2D eigenvalue weighted by molar-refractivity contribution is -0.958. The molecule has 3 fully saturated rings. The Balaban J connectivity index is 0.00000353. The van der Waals surface area contributed by atoms with Crippen molar-refractivity contribution in [2.75, 3.05) is 19.6 Å².